The van der Waals surface area contributed by atoms with Crippen molar-refractivity contribution in [1.29, 1.82) is 0 Å². The normalized spacial score (nSPS) is 24.7. The van der Waals surface area contributed by atoms with Crippen LogP contribution in [-0.2, 0) is 27.7 Å². The van der Waals surface area contributed by atoms with Gasteiger partial charge in [-0.25, -0.2) is 8.42 Å². The SMILES string of the molecule is CC(=O)N1CCN(Cc2cccc(Cn3cccn3)c2)[C@H]2CS(=O)(=O)C[C@H]21. The number of benzene rings is 1. The summed E-state index contributed by atoms with van der Waals surface area (Å²) in [7, 11) is -3.11. The first-order valence-electron chi connectivity index (χ1n) is 9.18. The number of carbonyl (C=O) groups is 1. The van der Waals surface area contributed by atoms with Crippen LogP contribution in [0.1, 0.15) is 18.1 Å². The van der Waals surface area contributed by atoms with Crippen LogP contribution in [0.5, 0.6) is 0 Å². The number of carbonyl (C=O) groups excluding carboxylic acids is 1. The molecule has 144 valence electrons. The van der Waals surface area contributed by atoms with Gasteiger partial charge in [0, 0.05) is 45.0 Å². The Kier molecular flexibility index (Phi) is 4.77. The second kappa shape index (κ2) is 7.09. The Hall–Kier alpha value is -2.19. The highest BCUT2D eigenvalue weighted by molar-refractivity contribution is 7.91. The molecule has 27 heavy (non-hydrogen) atoms. The van der Waals surface area contributed by atoms with Gasteiger partial charge in [-0.05, 0) is 17.2 Å². The Morgan fingerprint density at radius 2 is 1.85 bits per heavy atom. The highest BCUT2D eigenvalue weighted by Gasteiger charge is 2.47. The summed E-state index contributed by atoms with van der Waals surface area (Å²) in [6.45, 7) is 4.20. The van der Waals surface area contributed by atoms with Crippen LogP contribution in [0.25, 0.3) is 0 Å². The first-order chi connectivity index (χ1) is 12.9. The highest BCUT2D eigenvalue weighted by atomic mass is 32.2. The highest BCUT2D eigenvalue weighted by Crippen LogP contribution is 2.28. The minimum Gasteiger partial charge on any atom is -0.336 e. The number of amides is 1. The van der Waals surface area contributed by atoms with Crippen LogP contribution < -0.4 is 0 Å². The van der Waals surface area contributed by atoms with Crippen molar-refractivity contribution in [1.82, 2.24) is 19.6 Å². The fraction of sp³-hybridized carbons (Fsp3) is 0.474. The Bertz CT molecular complexity index is 926. The van der Waals surface area contributed by atoms with Gasteiger partial charge >= 0.3 is 0 Å². The van der Waals surface area contributed by atoms with Gasteiger partial charge in [0.2, 0.25) is 5.91 Å². The molecule has 0 radical (unpaired) electrons. The Morgan fingerprint density at radius 1 is 1.11 bits per heavy atom. The van der Waals surface area contributed by atoms with Gasteiger partial charge in [0.15, 0.2) is 9.84 Å². The second-order valence-electron chi connectivity index (χ2n) is 7.42. The molecule has 0 N–H and O–H groups in total. The van der Waals surface area contributed by atoms with Crippen molar-refractivity contribution in [2.45, 2.75) is 32.1 Å². The quantitative estimate of drug-likeness (QED) is 0.773. The van der Waals surface area contributed by atoms with Crippen LogP contribution in [0.15, 0.2) is 42.7 Å². The van der Waals surface area contributed by atoms with E-state index in [4.69, 9.17) is 0 Å². The number of piperazine rings is 1. The molecule has 2 aliphatic rings. The monoisotopic (exact) mass is 388 g/mol. The molecule has 7 nitrogen and oxygen atoms in total. The molecular formula is C19H24N4O3S. The lowest BCUT2D eigenvalue weighted by molar-refractivity contribution is -0.134. The Labute approximate surface area is 159 Å². The summed E-state index contributed by atoms with van der Waals surface area (Å²) in [6, 6.07) is 9.87. The lowest BCUT2D eigenvalue weighted by Gasteiger charge is -2.43. The molecular weight excluding hydrogens is 364 g/mol. The minimum absolute atomic E-state index is 0.0389. The lowest BCUT2D eigenvalue weighted by atomic mass is 10.0. The maximum atomic E-state index is 12.2. The predicted molar refractivity (Wildman–Crippen MR) is 102 cm³/mol. The van der Waals surface area contributed by atoms with Crippen molar-refractivity contribution in [2.75, 3.05) is 24.6 Å². The van der Waals surface area contributed by atoms with Crippen molar-refractivity contribution in [3.63, 3.8) is 0 Å². The van der Waals surface area contributed by atoms with Crippen LogP contribution in [0.2, 0.25) is 0 Å². The fourth-order valence-electron chi connectivity index (χ4n) is 4.25. The molecule has 0 unspecified atom stereocenters. The summed E-state index contributed by atoms with van der Waals surface area (Å²) in [5.74, 6) is 0.171. The second-order valence-corrected chi connectivity index (χ2v) is 9.57. The molecule has 0 bridgehead atoms. The zero-order chi connectivity index (χ0) is 19.0. The number of aromatic nitrogens is 2. The maximum Gasteiger partial charge on any atom is 0.219 e. The van der Waals surface area contributed by atoms with Crippen LogP contribution in [0.4, 0.5) is 0 Å². The summed E-state index contributed by atoms with van der Waals surface area (Å²) in [5, 5.41) is 4.24. The topological polar surface area (TPSA) is 75.5 Å². The zero-order valence-electron chi connectivity index (χ0n) is 15.4. The van der Waals surface area contributed by atoms with Crippen LogP contribution >= 0.6 is 0 Å². The standard InChI is InChI=1S/C19H24N4O3S/c1-15(24)23-9-8-21(18-13-27(25,26)14-19(18)23)11-16-4-2-5-17(10-16)12-22-7-3-6-20-22/h2-7,10,18-19H,8-9,11-14H2,1H3/t18-,19+/m0/s1. The molecule has 1 aromatic carbocycles. The number of fused-ring (bicyclic) bond motifs is 1. The number of rotatable bonds is 4. The molecule has 2 saturated heterocycles. The van der Waals surface area contributed by atoms with Gasteiger partial charge in [0.1, 0.15) is 0 Å². The van der Waals surface area contributed by atoms with Gasteiger partial charge in [-0.3, -0.25) is 14.4 Å². The Morgan fingerprint density at radius 3 is 2.56 bits per heavy atom. The Balaban J connectivity index is 1.51. The average Bonchev–Trinajstić information content (AvgIpc) is 3.21. The van der Waals surface area contributed by atoms with Gasteiger partial charge in [0.25, 0.3) is 0 Å². The van der Waals surface area contributed by atoms with E-state index in [1.807, 2.05) is 23.0 Å². The first kappa shape index (κ1) is 18.2. The minimum atomic E-state index is -3.11. The third-order valence-electron chi connectivity index (χ3n) is 5.48. The number of nitrogens with zero attached hydrogens (tertiary/aromatic N) is 4. The van der Waals surface area contributed by atoms with Crippen molar-refractivity contribution in [3.05, 3.63) is 53.9 Å². The summed E-state index contributed by atoms with van der Waals surface area (Å²) < 4.78 is 26.3. The van der Waals surface area contributed by atoms with Gasteiger partial charge < -0.3 is 4.90 Å². The lowest BCUT2D eigenvalue weighted by Crippen LogP contribution is -2.59. The van der Waals surface area contributed by atoms with Crippen molar-refractivity contribution in [3.8, 4) is 0 Å². The van der Waals surface area contributed by atoms with E-state index in [1.165, 1.54) is 6.92 Å². The van der Waals surface area contributed by atoms with E-state index in [2.05, 4.69) is 28.2 Å². The van der Waals surface area contributed by atoms with Crippen LogP contribution in [0, 0.1) is 0 Å². The van der Waals surface area contributed by atoms with E-state index in [9.17, 15) is 13.2 Å². The summed E-state index contributed by atoms with van der Waals surface area (Å²) in [6.07, 6.45) is 3.70. The zero-order valence-corrected chi connectivity index (χ0v) is 16.2. The fourth-order valence-corrected chi connectivity index (χ4v) is 6.27. The smallest absolute Gasteiger partial charge is 0.219 e. The average molecular weight is 388 g/mol. The molecule has 2 aliphatic heterocycles. The van der Waals surface area contributed by atoms with Crippen LogP contribution in [0.3, 0.4) is 0 Å². The molecule has 8 heteroatoms. The van der Waals surface area contributed by atoms with Gasteiger partial charge in [0.05, 0.1) is 24.1 Å². The van der Waals surface area contributed by atoms with Crippen molar-refractivity contribution in [2.24, 2.45) is 0 Å². The summed E-state index contributed by atoms with van der Waals surface area (Å²) in [4.78, 5) is 15.9. The molecule has 2 atom stereocenters. The molecule has 3 heterocycles. The molecule has 2 aromatic rings. The number of hydrogen-bond acceptors (Lipinski definition) is 5. The number of sulfone groups is 1. The molecule has 0 saturated carbocycles. The van der Waals surface area contributed by atoms with E-state index >= 15 is 0 Å². The summed E-state index contributed by atoms with van der Waals surface area (Å²) >= 11 is 0. The van der Waals surface area contributed by atoms with E-state index < -0.39 is 9.84 Å². The molecule has 0 spiro atoms. The van der Waals surface area contributed by atoms with Gasteiger partial charge in [-0.15, -0.1) is 0 Å². The van der Waals surface area contributed by atoms with E-state index in [-0.39, 0.29) is 29.5 Å². The molecule has 1 amide bonds. The van der Waals surface area contributed by atoms with Gasteiger partial charge in [-0.2, -0.15) is 5.10 Å². The largest absolute Gasteiger partial charge is 0.336 e. The maximum absolute atomic E-state index is 12.2. The van der Waals surface area contributed by atoms with E-state index in [1.54, 1.807) is 11.1 Å². The molecule has 4 rings (SSSR count). The third-order valence-corrected chi connectivity index (χ3v) is 7.18. The molecule has 1 aromatic heterocycles. The summed E-state index contributed by atoms with van der Waals surface area (Å²) in [5.41, 5.74) is 2.31. The molecule has 0 aliphatic carbocycles. The number of hydrogen-bond donors (Lipinski definition) is 0. The first-order valence-corrected chi connectivity index (χ1v) is 11.0. The van der Waals surface area contributed by atoms with E-state index in [0.29, 0.717) is 26.2 Å². The van der Waals surface area contributed by atoms with Crippen LogP contribution in [-0.4, -0.2) is 70.6 Å². The van der Waals surface area contributed by atoms with E-state index in [0.717, 1.165) is 11.1 Å². The van der Waals surface area contributed by atoms with Gasteiger partial charge in [-0.1, -0.05) is 24.3 Å². The van der Waals surface area contributed by atoms with Crippen molar-refractivity contribution < 1.29 is 13.2 Å². The predicted octanol–water partition coefficient (Wildman–Crippen LogP) is 0.761. The third kappa shape index (κ3) is 3.91. The molecule has 2 fully saturated rings. The van der Waals surface area contributed by atoms with Crippen molar-refractivity contribution >= 4 is 15.7 Å².